The first-order valence-electron chi connectivity index (χ1n) is 6.50. The Labute approximate surface area is 131 Å². The number of hydrogen-bond donors (Lipinski definition) is 1. The van der Waals surface area contributed by atoms with Crippen LogP contribution in [0, 0.1) is 5.82 Å². The fourth-order valence-electron chi connectivity index (χ4n) is 2.01. The van der Waals surface area contributed by atoms with E-state index in [4.69, 9.17) is 11.6 Å². The molecule has 0 amide bonds. The Balaban J connectivity index is 2.22. The van der Waals surface area contributed by atoms with Crippen molar-refractivity contribution < 1.29 is 4.39 Å². The molecule has 0 bridgehead atoms. The lowest BCUT2D eigenvalue weighted by atomic mass is 10.2. The molecule has 0 aliphatic rings. The van der Waals surface area contributed by atoms with Crippen molar-refractivity contribution in [3.05, 3.63) is 44.9 Å². The molecule has 1 aromatic heterocycles. The van der Waals surface area contributed by atoms with Gasteiger partial charge in [-0.05, 0) is 41.4 Å². The van der Waals surface area contributed by atoms with Gasteiger partial charge in [-0.25, -0.2) is 4.39 Å². The van der Waals surface area contributed by atoms with Crippen molar-refractivity contribution in [1.82, 2.24) is 9.78 Å². The third kappa shape index (κ3) is 2.99. The van der Waals surface area contributed by atoms with E-state index in [-0.39, 0.29) is 5.02 Å². The maximum atomic E-state index is 13.8. The second kappa shape index (κ2) is 6.59. The first kappa shape index (κ1) is 15.3. The number of aryl methyl sites for hydroxylation is 2. The topological polar surface area (TPSA) is 29.9 Å². The van der Waals surface area contributed by atoms with Crippen LogP contribution >= 0.6 is 27.5 Å². The number of rotatable bonds is 5. The van der Waals surface area contributed by atoms with Gasteiger partial charge in [-0.3, -0.25) is 4.68 Å². The minimum Gasteiger partial charge on any atom is -0.377 e. The van der Waals surface area contributed by atoms with Crippen LogP contribution in [0.1, 0.15) is 25.2 Å². The Hall–Kier alpha value is -1.07. The van der Waals surface area contributed by atoms with Crippen molar-refractivity contribution in [3.8, 4) is 0 Å². The van der Waals surface area contributed by atoms with Gasteiger partial charge in [-0.1, -0.05) is 24.6 Å². The lowest BCUT2D eigenvalue weighted by molar-refractivity contribution is 0.613. The smallest absolute Gasteiger partial charge is 0.164 e. The molecule has 0 unspecified atom stereocenters. The van der Waals surface area contributed by atoms with Gasteiger partial charge >= 0.3 is 0 Å². The molecule has 0 saturated heterocycles. The van der Waals surface area contributed by atoms with E-state index in [2.05, 4.69) is 33.3 Å². The van der Waals surface area contributed by atoms with E-state index in [1.54, 1.807) is 12.1 Å². The van der Waals surface area contributed by atoms with Crippen molar-refractivity contribution in [1.29, 1.82) is 0 Å². The Morgan fingerprint density at radius 2 is 2.15 bits per heavy atom. The molecule has 0 aliphatic heterocycles. The molecule has 0 atom stereocenters. The van der Waals surface area contributed by atoms with Gasteiger partial charge in [0.05, 0.1) is 33.1 Å². The van der Waals surface area contributed by atoms with E-state index in [1.807, 2.05) is 11.6 Å². The van der Waals surface area contributed by atoms with Crippen LogP contribution in [0.4, 0.5) is 10.1 Å². The van der Waals surface area contributed by atoms with Crippen molar-refractivity contribution >= 4 is 33.2 Å². The molecule has 2 rings (SSSR count). The van der Waals surface area contributed by atoms with Crippen LogP contribution in [-0.4, -0.2) is 9.78 Å². The molecule has 0 spiro atoms. The number of nitrogens with zero attached hydrogens (tertiary/aromatic N) is 2. The average molecular weight is 361 g/mol. The third-order valence-corrected chi connectivity index (χ3v) is 4.30. The van der Waals surface area contributed by atoms with E-state index in [0.29, 0.717) is 12.2 Å². The minimum atomic E-state index is -0.427. The van der Waals surface area contributed by atoms with E-state index in [9.17, 15) is 4.39 Å². The lowest BCUT2D eigenvalue weighted by Gasteiger charge is -2.10. The number of aromatic nitrogens is 2. The molecular formula is C14H16BrClFN3. The van der Waals surface area contributed by atoms with E-state index < -0.39 is 5.82 Å². The number of hydrogen-bond acceptors (Lipinski definition) is 2. The monoisotopic (exact) mass is 359 g/mol. The molecule has 1 N–H and O–H groups in total. The van der Waals surface area contributed by atoms with Crippen molar-refractivity contribution in [2.24, 2.45) is 0 Å². The molecular weight excluding hydrogens is 345 g/mol. The summed E-state index contributed by atoms with van der Waals surface area (Å²) in [6.45, 7) is 5.34. The van der Waals surface area contributed by atoms with Gasteiger partial charge in [-0.2, -0.15) is 5.10 Å². The number of nitrogens with one attached hydrogen (secondary N) is 1. The first-order valence-corrected chi connectivity index (χ1v) is 7.67. The molecule has 0 aliphatic carbocycles. The molecule has 1 aromatic carbocycles. The van der Waals surface area contributed by atoms with Crippen LogP contribution in [0.25, 0.3) is 0 Å². The molecule has 1 heterocycles. The summed E-state index contributed by atoms with van der Waals surface area (Å²) in [4.78, 5) is 0. The van der Waals surface area contributed by atoms with Crippen LogP contribution in [-0.2, 0) is 19.5 Å². The quantitative estimate of drug-likeness (QED) is 0.842. The maximum Gasteiger partial charge on any atom is 0.164 e. The van der Waals surface area contributed by atoms with Gasteiger partial charge in [0.15, 0.2) is 5.82 Å². The summed E-state index contributed by atoms with van der Waals surface area (Å²) in [6.07, 6.45) is 0.853. The van der Waals surface area contributed by atoms with Crippen molar-refractivity contribution in [2.75, 3.05) is 5.32 Å². The van der Waals surface area contributed by atoms with Crippen molar-refractivity contribution in [2.45, 2.75) is 33.4 Å². The van der Waals surface area contributed by atoms with Crippen LogP contribution in [0.2, 0.25) is 5.02 Å². The van der Waals surface area contributed by atoms with Crippen LogP contribution in [0.15, 0.2) is 22.7 Å². The highest BCUT2D eigenvalue weighted by molar-refractivity contribution is 9.10. The standard InChI is InChI=1S/C14H16BrClFN3/c1-3-10-13(15)12(20(4-2)19-10)8-18-11-7-5-6-9(16)14(11)17/h5-7,18H,3-4,8H2,1-2H3. The van der Waals surface area contributed by atoms with Gasteiger partial charge in [0.2, 0.25) is 0 Å². The minimum absolute atomic E-state index is 0.118. The number of benzene rings is 1. The third-order valence-electron chi connectivity index (χ3n) is 3.09. The average Bonchev–Trinajstić information content (AvgIpc) is 2.76. The number of anilines is 1. The fourth-order valence-corrected chi connectivity index (χ4v) is 2.88. The Kier molecular flexibility index (Phi) is 5.05. The highest BCUT2D eigenvalue weighted by Gasteiger charge is 2.14. The van der Waals surface area contributed by atoms with Gasteiger partial charge in [0.1, 0.15) is 0 Å². The van der Waals surface area contributed by atoms with Crippen molar-refractivity contribution in [3.63, 3.8) is 0 Å². The first-order chi connectivity index (χ1) is 9.58. The fraction of sp³-hybridized carbons (Fsp3) is 0.357. The second-order valence-electron chi connectivity index (χ2n) is 4.33. The Morgan fingerprint density at radius 1 is 1.40 bits per heavy atom. The summed E-state index contributed by atoms with van der Waals surface area (Å²) >= 11 is 9.34. The highest BCUT2D eigenvalue weighted by Crippen LogP contribution is 2.26. The molecule has 2 aromatic rings. The summed E-state index contributed by atoms with van der Waals surface area (Å²) in [5.41, 5.74) is 2.41. The SMILES string of the molecule is CCc1nn(CC)c(CNc2cccc(Cl)c2F)c1Br. The number of halogens is 3. The zero-order chi connectivity index (χ0) is 14.7. The Bertz CT molecular complexity index is 613. The highest BCUT2D eigenvalue weighted by atomic mass is 79.9. The summed E-state index contributed by atoms with van der Waals surface area (Å²) < 4.78 is 16.7. The molecule has 0 radical (unpaired) electrons. The molecule has 0 saturated carbocycles. The largest absolute Gasteiger partial charge is 0.377 e. The summed E-state index contributed by atoms with van der Waals surface area (Å²) in [6, 6.07) is 4.92. The van der Waals surface area contributed by atoms with Gasteiger partial charge < -0.3 is 5.32 Å². The maximum absolute atomic E-state index is 13.8. The zero-order valence-electron chi connectivity index (χ0n) is 11.4. The van der Waals surface area contributed by atoms with Gasteiger partial charge in [0, 0.05) is 6.54 Å². The van der Waals surface area contributed by atoms with Crippen LogP contribution in [0.5, 0.6) is 0 Å². The molecule has 3 nitrogen and oxygen atoms in total. The summed E-state index contributed by atoms with van der Waals surface area (Å²) in [7, 11) is 0. The van der Waals surface area contributed by atoms with E-state index in [0.717, 1.165) is 28.8 Å². The summed E-state index contributed by atoms with van der Waals surface area (Å²) in [5, 5.41) is 7.70. The molecule has 20 heavy (non-hydrogen) atoms. The molecule has 0 fully saturated rings. The van der Waals surface area contributed by atoms with Crippen LogP contribution in [0.3, 0.4) is 0 Å². The Morgan fingerprint density at radius 3 is 2.80 bits per heavy atom. The van der Waals surface area contributed by atoms with Gasteiger partial charge in [-0.15, -0.1) is 0 Å². The van der Waals surface area contributed by atoms with Gasteiger partial charge in [0.25, 0.3) is 0 Å². The molecule has 108 valence electrons. The zero-order valence-corrected chi connectivity index (χ0v) is 13.7. The lowest BCUT2D eigenvalue weighted by Crippen LogP contribution is -2.09. The van der Waals surface area contributed by atoms with E-state index in [1.165, 1.54) is 6.07 Å². The molecule has 6 heteroatoms. The van der Waals surface area contributed by atoms with E-state index >= 15 is 0 Å². The van der Waals surface area contributed by atoms with Crippen LogP contribution < -0.4 is 5.32 Å². The normalized spacial score (nSPS) is 10.8. The predicted molar refractivity (Wildman–Crippen MR) is 83.7 cm³/mol. The summed E-state index contributed by atoms with van der Waals surface area (Å²) in [5.74, 6) is -0.427. The predicted octanol–water partition coefficient (Wildman–Crippen LogP) is 4.63. The second-order valence-corrected chi connectivity index (χ2v) is 5.53.